The molecule has 0 atom stereocenters. The first-order chi connectivity index (χ1) is 4.88. The van der Waals surface area contributed by atoms with Crippen LogP contribution in [0.1, 0.15) is 0 Å². The Morgan fingerprint density at radius 2 is 2.27 bits per heavy atom. The molecule has 0 N–H and O–H groups in total. The fourth-order valence-corrected chi connectivity index (χ4v) is 1.00. The highest BCUT2D eigenvalue weighted by Crippen LogP contribution is 1.89. The number of halogens is 1. The molecule has 0 unspecified atom stereocenters. The lowest BCUT2D eigenvalue weighted by atomic mass is 10.7. The summed E-state index contributed by atoms with van der Waals surface area (Å²) in [6.45, 7) is 0. The van der Waals surface area contributed by atoms with Gasteiger partial charge in [-0.05, 0) is 0 Å². The average molecular weight is 261 g/mol. The number of rotatable bonds is 0. The van der Waals surface area contributed by atoms with Crippen molar-refractivity contribution in [3.63, 3.8) is 0 Å². The van der Waals surface area contributed by atoms with Gasteiger partial charge in [0.15, 0.2) is 0 Å². The number of hydrogen-bond acceptors (Lipinski definition) is 1. The Hall–Kier alpha value is -0.650. The summed E-state index contributed by atoms with van der Waals surface area (Å²) in [6, 6.07) is 1.91. The Bertz CT molecular complexity index is 355. The second-order valence-electron chi connectivity index (χ2n) is 2.24. The van der Waals surface area contributed by atoms with E-state index < -0.39 is 0 Å². The molecule has 3 nitrogen and oxygen atoms in total. The number of hydrogen-bond donors (Lipinski definition) is 0. The third-order valence-corrected chi connectivity index (χ3v) is 1.52. The summed E-state index contributed by atoms with van der Waals surface area (Å²) in [7, 11) is 1.97. The highest BCUT2D eigenvalue weighted by molar-refractivity contribution is 5.17. The molecule has 2 aromatic rings. The molecule has 0 aliphatic heterocycles. The van der Waals surface area contributed by atoms with Crippen LogP contribution in [0.4, 0.5) is 0 Å². The molecule has 58 valence electrons. The standard InChI is InChI=1S/C7H8N3.HI/c1-9-5-6-10-4-2-3-8-7(9)10;/h2-6H,1H3;1H/q+1;/p-1. The lowest BCUT2D eigenvalue weighted by molar-refractivity contribution is -0.646. The second kappa shape index (κ2) is 3.17. The molecule has 11 heavy (non-hydrogen) atoms. The van der Waals surface area contributed by atoms with Crippen LogP contribution in [0.15, 0.2) is 30.9 Å². The van der Waals surface area contributed by atoms with E-state index in [2.05, 4.69) is 4.98 Å². The molecule has 0 bridgehead atoms. The molecule has 0 fully saturated rings. The van der Waals surface area contributed by atoms with Gasteiger partial charge in [0.25, 0.3) is 0 Å². The second-order valence-corrected chi connectivity index (χ2v) is 2.24. The predicted octanol–water partition coefficient (Wildman–Crippen LogP) is -2.84. The maximum atomic E-state index is 4.17. The highest BCUT2D eigenvalue weighted by atomic mass is 127. The summed E-state index contributed by atoms with van der Waals surface area (Å²) in [4.78, 5) is 4.17. The van der Waals surface area contributed by atoms with Crippen LogP contribution in [-0.4, -0.2) is 9.38 Å². The van der Waals surface area contributed by atoms with Crippen molar-refractivity contribution in [3.8, 4) is 0 Å². The number of aryl methyl sites for hydroxylation is 1. The van der Waals surface area contributed by atoms with Gasteiger partial charge in [-0.25, -0.2) is 8.97 Å². The van der Waals surface area contributed by atoms with Crippen molar-refractivity contribution in [2.75, 3.05) is 0 Å². The molecular weight excluding hydrogens is 253 g/mol. The van der Waals surface area contributed by atoms with Crippen molar-refractivity contribution >= 4 is 5.78 Å². The Morgan fingerprint density at radius 1 is 1.45 bits per heavy atom. The van der Waals surface area contributed by atoms with E-state index in [1.165, 1.54) is 0 Å². The molecule has 0 amide bonds. The van der Waals surface area contributed by atoms with Gasteiger partial charge < -0.3 is 24.0 Å². The van der Waals surface area contributed by atoms with Gasteiger partial charge in [-0.2, -0.15) is 0 Å². The monoisotopic (exact) mass is 261 g/mol. The number of imidazole rings is 1. The smallest absolute Gasteiger partial charge is 0.402 e. The molecule has 0 aliphatic rings. The van der Waals surface area contributed by atoms with Crippen molar-refractivity contribution in [2.24, 2.45) is 7.05 Å². The summed E-state index contributed by atoms with van der Waals surface area (Å²) in [5.41, 5.74) is 0. The topological polar surface area (TPSA) is 21.2 Å². The zero-order valence-corrected chi connectivity index (χ0v) is 8.26. The molecule has 0 radical (unpaired) electrons. The van der Waals surface area contributed by atoms with E-state index in [0.29, 0.717) is 0 Å². The van der Waals surface area contributed by atoms with E-state index in [1.54, 1.807) is 6.20 Å². The Balaban J connectivity index is 0.000000605. The van der Waals surface area contributed by atoms with Gasteiger partial charge in [0.2, 0.25) is 0 Å². The van der Waals surface area contributed by atoms with Crippen LogP contribution in [-0.2, 0) is 7.05 Å². The van der Waals surface area contributed by atoms with Gasteiger partial charge in [-0.3, -0.25) is 0 Å². The highest BCUT2D eigenvalue weighted by Gasteiger charge is 2.02. The SMILES string of the molecule is C[n+]1ccn2cccnc21.[I-]. The van der Waals surface area contributed by atoms with Crippen LogP contribution < -0.4 is 28.5 Å². The molecule has 4 heteroatoms. The lowest BCUT2D eigenvalue weighted by Gasteiger charge is -1.82. The molecular formula is C7H8IN3. The van der Waals surface area contributed by atoms with Crippen LogP contribution in [0.25, 0.3) is 5.78 Å². The molecule has 2 aromatic heterocycles. The van der Waals surface area contributed by atoms with Gasteiger partial charge >= 0.3 is 5.78 Å². The van der Waals surface area contributed by atoms with Crippen LogP contribution in [0.2, 0.25) is 0 Å². The molecule has 2 rings (SSSR count). The van der Waals surface area contributed by atoms with Gasteiger partial charge in [0.05, 0.1) is 19.4 Å². The van der Waals surface area contributed by atoms with E-state index in [0.717, 1.165) is 5.78 Å². The van der Waals surface area contributed by atoms with E-state index in [1.807, 2.05) is 40.7 Å². The van der Waals surface area contributed by atoms with E-state index in [4.69, 9.17) is 0 Å². The van der Waals surface area contributed by atoms with E-state index in [9.17, 15) is 0 Å². The van der Waals surface area contributed by atoms with Crippen molar-refractivity contribution < 1.29 is 28.5 Å². The van der Waals surface area contributed by atoms with Gasteiger partial charge in [-0.15, -0.1) is 0 Å². The predicted molar refractivity (Wildman–Crippen MR) is 36.4 cm³/mol. The number of aromatic nitrogens is 3. The summed E-state index contributed by atoms with van der Waals surface area (Å²) in [5.74, 6) is 0.961. The van der Waals surface area contributed by atoms with Crippen LogP contribution in [0.5, 0.6) is 0 Å². The maximum Gasteiger partial charge on any atom is 0.402 e. The van der Waals surface area contributed by atoms with Gasteiger partial charge in [0.1, 0.15) is 12.4 Å². The fraction of sp³-hybridized carbons (Fsp3) is 0.143. The Kier molecular flexibility index (Phi) is 2.43. The zero-order valence-electron chi connectivity index (χ0n) is 6.11. The summed E-state index contributed by atoms with van der Waals surface area (Å²) in [6.07, 6.45) is 7.71. The lowest BCUT2D eigenvalue weighted by Crippen LogP contribution is -3.00. The molecule has 2 heterocycles. The molecule has 0 aromatic carbocycles. The molecule has 0 saturated heterocycles. The Labute approximate surface area is 81.7 Å². The minimum Gasteiger partial charge on any atom is -1.00 e. The molecule has 0 spiro atoms. The maximum absolute atomic E-state index is 4.17. The minimum atomic E-state index is 0. The molecule has 0 saturated carbocycles. The summed E-state index contributed by atoms with van der Waals surface area (Å²) >= 11 is 0. The summed E-state index contributed by atoms with van der Waals surface area (Å²) in [5, 5.41) is 0. The Morgan fingerprint density at radius 3 is 3.00 bits per heavy atom. The first-order valence-electron chi connectivity index (χ1n) is 3.15. The van der Waals surface area contributed by atoms with Crippen molar-refractivity contribution in [2.45, 2.75) is 0 Å². The number of fused-ring (bicyclic) bond motifs is 1. The van der Waals surface area contributed by atoms with Crippen LogP contribution >= 0.6 is 0 Å². The van der Waals surface area contributed by atoms with Gasteiger partial charge in [0, 0.05) is 6.07 Å². The molecule has 0 aliphatic carbocycles. The summed E-state index contributed by atoms with van der Waals surface area (Å²) < 4.78 is 3.94. The van der Waals surface area contributed by atoms with Crippen LogP contribution in [0, 0.1) is 0 Å². The van der Waals surface area contributed by atoms with E-state index in [-0.39, 0.29) is 24.0 Å². The van der Waals surface area contributed by atoms with Crippen LogP contribution in [0.3, 0.4) is 0 Å². The minimum absolute atomic E-state index is 0. The first kappa shape index (κ1) is 8.45. The van der Waals surface area contributed by atoms with Gasteiger partial charge in [-0.1, -0.05) is 4.98 Å². The van der Waals surface area contributed by atoms with Crippen molar-refractivity contribution in [1.82, 2.24) is 9.38 Å². The third kappa shape index (κ3) is 1.35. The number of nitrogens with zero attached hydrogens (tertiary/aromatic N) is 3. The quantitative estimate of drug-likeness (QED) is 0.370. The van der Waals surface area contributed by atoms with Crippen molar-refractivity contribution in [3.05, 3.63) is 30.9 Å². The normalized spacial score (nSPS) is 9.55. The fourth-order valence-electron chi connectivity index (χ4n) is 1.00. The van der Waals surface area contributed by atoms with Crippen molar-refractivity contribution in [1.29, 1.82) is 0 Å². The first-order valence-corrected chi connectivity index (χ1v) is 3.15. The zero-order chi connectivity index (χ0) is 6.97. The average Bonchev–Trinajstić information content (AvgIpc) is 2.34. The largest absolute Gasteiger partial charge is 1.00 e. The third-order valence-electron chi connectivity index (χ3n) is 1.52. The van der Waals surface area contributed by atoms with E-state index >= 15 is 0 Å².